The topological polar surface area (TPSA) is 110 Å². The number of aromatic nitrogens is 2. The van der Waals surface area contributed by atoms with E-state index in [0.29, 0.717) is 17.5 Å². The van der Waals surface area contributed by atoms with Crippen molar-refractivity contribution in [1.82, 2.24) is 9.97 Å². The van der Waals surface area contributed by atoms with Crippen LogP contribution in [0.4, 0.5) is 17.2 Å². The van der Waals surface area contributed by atoms with E-state index in [2.05, 4.69) is 20.6 Å². The summed E-state index contributed by atoms with van der Waals surface area (Å²) in [5.41, 5.74) is 0.804. The molecule has 1 heterocycles. The molecule has 27 heavy (non-hydrogen) atoms. The first kappa shape index (κ1) is 18.6. The van der Waals surface area contributed by atoms with Gasteiger partial charge in [-0.05, 0) is 25.1 Å². The number of hydrogen-bond acceptors (Lipinski definition) is 7. The highest BCUT2D eigenvalue weighted by Gasteiger charge is 2.15. The molecule has 3 aromatic rings. The molecule has 8 nitrogen and oxygen atoms in total. The summed E-state index contributed by atoms with van der Waals surface area (Å²) in [6.45, 7) is 2.69. The number of para-hydroxylation sites is 3. The maximum absolute atomic E-state index is 12.2. The second-order valence-electron chi connectivity index (χ2n) is 5.51. The first-order valence-electron chi connectivity index (χ1n) is 8.25. The average molecular weight is 383 g/mol. The monoisotopic (exact) mass is 383 g/mol. The van der Waals surface area contributed by atoms with E-state index in [0.717, 1.165) is 10.9 Å². The molecule has 0 radical (unpaired) electrons. The van der Waals surface area contributed by atoms with E-state index >= 15 is 0 Å². The minimum atomic E-state index is -0.530. The van der Waals surface area contributed by atoms with Crippen LogP contribution in [0.3, 0.4) is 0 Å². The van der Waals surface area contributed by atoms with E-state index in [9.17, 15) is 14.9 Å². The third-order valence-electron chi connectivity index (χ3n) is 3.63. The van der Waals surface area contributed by atoms with Crippen molar-refractivity contribution in [3.63, 3.8) is 0 Å². The van der Waals surface area contributed by atoms with E-state index in [1.807, 2.05) is 31.2 Å². The largest absolute Gasteiger partial charge is 0.370 e. The Morgan fingerprint density at radius 1 is 1.15 bits per heavy atom. The van der Waals surface area contributed by atoms with Crippen LogP contribution in [0.25, 0.3) is 10.9 Å². The van der Waals surface area contributed by atoms with Gasteiger partial charge in [0.05, 0.1) is 16.2 Å². The van der Waals surface area contributed by atoms with Gasteiger partial charge in [0, 0.05) is 18.0 Å². The van der Waals surface area contributed by atoms with Gasteiger partial charge in [-0.2, -0.15) is 0 Å². The van der Waals surface area contributed by atoms with Gasteiger partial charge < -0.3 is 10.6 Å². The van der Waals surface area contributed by atoms with Crippen LogP contribution in [0, 0.1) is 10.1 Å². The summed E-state index contributed by atoms with van der Waals surface area (Å²) in [7, 11) is 0. The van der Waals surface area contributed by atoms with E-state index in [1.54, 1.807) is 12.1 Å². The third-order valence-corrected chi connectivity index (χ3v) is 4.48. The highest BCUT2D eigenvalue weighted by atomic mass is 32.2. The number of nitro benzene ring substituents is 1. The number of nitrogens with one attached hydrogen (secondary N) is 2. The lowest BCUT2D eigenvalue weighted by atomic mass is 10.2. The van der Waals surface area contributed by atoms with E-state index in [1.165, 1.54) is 23.9 Å². The smallest absolute Gasteiger partial charge is 0.292 e. The summed E-state index contributed by atoms with van der Waals surface area (Å²) in [5.74, 6) is 0.386. The van der Waals surface area contributed by atoms with Crippen molar-refractivity contribution in [2.45, 2.75) is 12.1 Å². The number of rotatable bonds is 7. The van der Waals surface area contributed by atoms with Gasteiger partial charge in [-0.3, -0.25) is 14.9 Å². The van der Waals surface area contributed by atoms with Crippen LogP contribution in [-0.4, -0.2) is 33.1 Å². The maximum Gasteiger partial charge on any atom is 0.292 e. The number of fused-ring (bicyclic) bond motifs is 1. The highest BCUT2D eigenvalue weighted by Crippen LogP contribution is 2.26. The molecule has 0 saturated carbocycles. The van der Waals surface area contributed by atoms with Gasteiger partial charge in [0.1, 0.15) is 11.5 Å². The zero-order valence-corrected chi connectivity index (χ0v) is 15.3. The molecule has 0 aliphatic rings. The number of amides is 1. The summed E-state index contributed by atoms with van der Waals surface area (Å²) in [5, 5.41) is 18.2. The van der Waals surface area contributed by atoms with Gasteiger partial charge in [0.15, 0.2) is 5.16 Å². The fourth-order valence-electron chi connectivity index (χ4n) is 2.48. The van der Waals surface area contributed by atoms with Gasteiger partial charge in [-0.25, -0.2) is 9.97 Å². The predicted octanol–water partition coefficient (Wildman–Crippen LogP) is 3.70. The zero-order chi connectivity index (χ0) is 19.2. The SMILES string of the molecule is CCNc1nc(SCC(=O)Nc2ccccc2[N+](=O)[O-])nc2ccccc12. The molecule has 2 N–H and O–H groups in total. The fourth-order valence-corrected chi connectivity index (χ4v) is 3.13. The minimum absolute atomic E-state index is 0.0377. The van der Waals surface area contributed by atoms with Crippen LogP contribution in [0.5, 0.6) is 0 Å². The van der Waals surface area contributed by atoms with Crippen LogP contribution >= 0.6 is 11.8 Å². The van der Waals surface area contributed by atoms with Crippen molar-refractivity contribution in [3.05, 3.63) is 58.6 Å². The molecule has 0 spiro atoms. The van der Waals surface area contributed by atoms with E-state index < -0.39 is 4.92 Å². The number of anilines is 2. The molecule has 2 aromatic carbocycles. The number of hydrogen-bond donors (Lipinski definition) is 2. The maximum atomic E-state index is 12.2. The first-order valence-corrected chi connectivity index (χ1v) is 9.23. The molecule has 0 aliphatic heterocycles. The molecule has 1 amide bonds. The quantitative estimate of drug-likeness (QED) is 0.277. The third kappa shape index (κ3) is 4.50. The van der Waals surface area contributed by atoms with Crippen LogP contribution in [-0.2, 0) is 4.79 Å². The number of benzene rings is 2. The van der Waals surface area contributed by atoms with Crippen LogP contribution in [0.15, 0.2) is 53.7 Å². The second-order valence-corrected chi connectivity index (χ2v) is 6.46. The molecule has 0 aliphatic carbocycles. The highest BCUT2D eigenvalue weighted by molar-refractivity contribution is 7.99. The standard InChI is InChI=1S/C18H17N5O3S/c1-2-19-17-12-7-3-4-8-13(12)21-18(22-17)27-11-16(24)20-14-9-5-6-10-15(14)23(25)26/h3-10H,2,11H2,1H3,(H,20,24)(H,19,21,22). The molecule has 0 unspecified atom stereocenters. The molecule has 1 aromatic heterocycles. The van der Waals surface area contributed by atoms with Gasteiger partial charge in [-0.1, -0.05) is 36.0 Å². The van der Waals surface area contributed by atoms with Crippen molar-refractivity contribution in [2.75, 3.05) is 22.9 Å². The normalized spacial score (nSPS) is 10.6. The first-order chi connectivity index (χ1) is 13.1. The summed E-state index contributed by atoms with van der Waals surface area (Å²) in [6.07, 6.45) is 0. The Morgan fingerprint density at radius 3 is 2.67 bits per heavy atom. The van der Waals surface area contributed by atoms with Crippen molar-refractivity contribution in [3.8, 4) is 0 Å². The van der Waals surface area contributed by atoms with Gasteiger partial charge in [-0.15, -0.1) is 0 Å². The van der Waals surface area contributed by atoms with Gasteiger partial charge >= 0.3 is 0 Å². The average Bonchev–Trinajstić information content (AvgIpc) is 2.67. The molecule has 0 saturated heterocycles. The van der Waals surface area contributed by atoms with Crippen LogP contribution in [0.2, 0.25) is 0 Å². The molecule has 0 bridgehead atoms. The predicted molar refractivity (Wildman–Crippen MR) is 106 cm³/mol. The second kappa shape index (κ2) is 8.45. The molecule has 3 rings (SSSR count). The van der Waals surface area contributed by atoms with Crippen molar-refractivity contribution < 1.29 is 9.72 Å². The van der Waals surface area contributed by atoms with Crippen LogP contribution < -0.4 is 10.6 Å². The Balaban J connectivity index is 1.73. The zero-order valence-electron chi connectivity index (χ0n) is 14.5. The lowest BCUT2D eigenvalue weighted by molar-refractivity contribution is -0.383. The number of thioether (sulfide) groups is 1. The minimum Gasteiger partial charge on any atom is -0.370 e. The lowest BCUT2D eigenvalue weighted by Crippen LogP contribution is -2.15. The van der Waals surface area contributed by atoms with E-state index in [4.69, 9.17) is 0 Å². The summed E-state index contributed by atoms with van der Waals surface area (Å²) in [6, 6.07) is 13.6. The molecule has 9 heteroatoms. The van der Waals surface area contributed by atoms with E-state index in [-0.39, 0.29) is 23.0 Å². The summed E-state index contributed by atoms with van der Waals surface area (Å²) < 4.78 is 0. The van der Waals surface area contributed by atoms with Crippen molar-refractivity contribution >= 4 is 45.8 Å². The molecule has 0 atom stereocenters. The Labute approximate surface area is 159 Å². The number of nitrogens with zero attached hydrogens (tertiary/aromatic N) is 3. The molecular weight excluding hydrogens is 366 g/mol. The lowest BCUT2D eigenvalue weighted by Gasteiger charge is -2.09. The molecule has 0 fully saturated rings. The molecular formula is C18H17N5O3S. The fraction of sp³-hybridized carbons (Fsp3) is 0.167. The van der Waals surface area contributed by atoms with Crippen molar-refractivity contribution in [2.24, 2.45) is 0 Å². The summed E-state index contributed by atoms with van der Waals surface area (Å²) in [4.78, 5) is 31.6. The summed E-state index contributed by atoms with van der Waals surface area (Å²) >= 11 is 1.17. The van der Waals surface area contributed by atoms with Gasteiger partial charge in [0.2, 0.25) is 5.91 Å². The molecule has 138 valence electrons. The van der Waals surface area contributed by atoms with Crippen molar-refractivity contribution in [1.29, 1.82) is 0 Å². The Kier molecular flexibility index (Phi) is 5.82. The number of carbonyl (C=O) groups excluding carboxylic acids is 1. The number of nitro groups is 1. The number of carbonyl (C=O) groups is 1. The van der Waals surface area contributed by atoms with Gasteiger partial charge in [0.25, 0.3) is 5.69 Å². The Morgan fingerprint density at radius 2 is 1.89 bits per heavy atom. The Bertz CT molecular complexity index is 996. The Hall–Kier alpha value is -3.20. The van der Waals surface area contributed by atoms with Crippen LogP contribution in [0.1, 0.15) is 6.92 Å².